The first-order chi connectivity index (χ1) is 11.0. The van der Waals surface area contributed by atoms with E-state index in [9.17, 15) is 4.79 Å². The van der Waals surface area contributed by atoms with Crippen LogP contribution in [-0.4, -0.2) is 32.9 Å². The van der Waals surface area contributed by atoms with Crippen molar-refractivity contribution < 1.29 is 9.53 Å². The molecule has 2 aromatic rings. The molecule has 0 saturated heterocycles. The summed E-state index contributed by atoms with van der Waals surface area (Å²) < 4.78 is 5.66. The first-order valence-electron chi connectivity index (χ1n) is 7.62. The van der Waals surface area contributed by atoms with Gasteiger partial charge < -0.3 is 4.74 Å². The van der Waals surface area contributed by atoms with Gasteiger partial charge in [-0.25, -0.2) is 5.10 Å². The first kappa shape index (κ1) is 17.3. The van der Waals surface area contributed by atoms with Gasteiger partial charge in [-0.15, -0.1) is 5.10 Å². The van der Waals surface area contributed by atoms with Crippen LogP contribution in [0.1, 0.15) is 39.2 Å². The van der Waals surface area contributed by atoms with E-state index in [0.29, 0.717) is 22.8 Å². The Morgan fingerprint density at radius 2 is 2.00 bits per heavy atom. The lowest BCUT2D eigenvalue weighted by Crippen LogP contribution is -2.30. The average Bonchev–Trinajstić information content (AvgIpc) is 2.95. The third-order valence-electron chi connectivity index (χ3n) is 3.21. The van der Waals surface area contributed by atoms with Gasteiger partial charge in [0.15, 0.2) is 6.10 Å². The van der Waals surface area contributed by atoms with Crippen LogP contribution in [0.5, 0.6) is 5.75 Å². The molecule has 0 aliphatic carbocycles. The molecule has 1 heterocycles. The van der Waals surface area contributed by atoms with Gasteiger partial charge in [0, 0.05) is 0 Å². The number of aromatic amines is 1. The zero-order valence-electron chi connectivity index (χ0n) is 13.8. The molecule has 0 saturated carbocycles. The van der Waals surface area contributed by atoms with E-state index in [0.717, 1.165) is 5.75 Å². The number of benzene rings is 1. The summed E-state index contributed by atoms with van der Waals surface area (Å²) in [4.78, 5) is 16.3. The number of amides is 1. The van der Waals surface area contributed by atoms with Crippen molar-refractivity contribution >= 4 is 23.6 Å². The maximum Gasteiger partial charge on any atom is 0.267 e. The minimum absolute atomic E-state index is 0.276. The smallest absolute Gasteiger partial charge is 0.267 e. The number of nitrogens with one attached hydrogen (secondary N) is 2. The molecule has 1 atom stereocenters. The molecule has 1 aromatic heterocycles. The van der Waals surface area contributed by atoms with Crippen LogP contribution >= 0.6 is 11.8 Å². The second-order valence-electron chi connectivity index (χ2n) is 5.37. The summed E-state index contributed by atoms with van der Waals surface area (Å²) >= 11 is 1.50. The third-order valence-corrected chi connectivity index (χ3v) is 3.94. The lowest BCUT2D eigenvalue weighted by molar-refractivity contribution is -0.122. The molecule has 0 aliphatic rings. The predicted octanol–water partition coefficient (Wildman–Crippen LogP) is 3.45. The molecule has 2 N–H and O–H groups in total. The molecule has 124 valence electrons. The van der Waals surface area contributed by atoms with E-state index in [1.807, 2.05) is 31.2 Å². The van der Waals surface area contributed by atoms with Crippen molar-refractivity contribution in [3.8, 4) is 5.75 Å². The highest BCUT2D eigenvalue weighted by Gasteiger charge is 2.16. The number of rotatable bonds is 7. The van der Waals surface area contributed by atoms with Gasteiger partial charge in [0.05, 0.1) is 0 Å². The van der Waals surface area contributed by atoms with E-state index >= 15 is 0 Å². The molecule has 1 unspecified atom stereocenters. The summed E-state index contributed by atoms with van der Waals surface area (Å²) in [6.45, 7) is 7.98. The zero-order valence-corrected chi connectivity index (χ0v) is 14.6. The van der Waals surface area contributed by atoms with Gasteiger partial charge in [0.25, 0.3) is 5.91 Å². The van der Waals surface area contributed by atoms with Crippen LogP contribution in [-0.2, 0) is 4.79 Å². The van der Waals surface area contributed by atoms with Crippen molar-refractivity contribution in [2.24, 2.45) is 0 Å². The third kappa shape index (κ3) is 4.99. The predicted molar refractivity (Wildman–Crippen MR) is 92.0 cm³/mol. The number of nitrogens with zero attached hydrogens (tertiary/aromatic N) is 2. The van der Waals surface area contributed by atoms with Crippen LogP contribution < -0.4 is 10.1 Å². The van der Waals surface area contributed by atoms with Crippen LogP contribution in [0.2, 0.25) is 0 Å². The van der Waals surface area contributed by atoms with Gasteiger partial charge in [-0.3, -0.25) is 10.1 Å². The van der Waals surface area contributed by atoms with Crippen molar-refractivity contribution in [1.82, 2.24) is 15.2 Å². The number of thioether (sulfide) groups is 1. The molecule has 2 rings (SSSR count). The van der Waals surface area contributed by atoms with E-state index in [4.69, 9.17) is 4.74 Å². The van der Waals surface area contributed by atoms with Crippen molar-refractivity contribution in [3.05, 3.63) is 29.8 Å². The Bertz CT molecular complexity index is 640. The van der Waals surface area contributed by atoms with E-state index in [2.05, 4.69) is 34.3 Å². The molecule has 0 radical (unpaired) electrons. The van der Waals surface area contributed by atoms with Gasteiger partial charge in [0.1, 0.15) is 5.75 Å². The fourth-order valence-corrected chi connectivity index (χ4v) is 2.43. The number of H-pyrrole nitrogens is 1. The van der Waals surface area contributed by atoms with E-state index in [1.54, 1.807) is 6.92 Å². The van der Waals surface area contributed by atoms with E-state index in [1.165, 1.54) is 17.3 Å². The molecule has 0 bridgehead atoms. The Hall–Kier alpha value is -2.02. The van der Waals surface area contributed by atoms with Gasteiger partial charge in [0.2, 0.25) is 11.1 Å². The Kier molecular flexibility index (Phi) is 6.04. The summed E-state index contributed by atoms with van der Waals surface area (Å²) in [6, 6.07) is 7.78. The molecular weight excluding hydrogens is 312 g/mol. The molecule has 0 fully saturated rings. The average molecular weight is 334 g/mol. The van der Waals surface area contributed by atoms with Crippen LogP contribution in [0.25, 0.3) is 0 Å². The molecule has 1 aromatic carbocycles. The quantitative estimate of drug-likeness (QED) is 0.758. The van der Waals surface area contributed by atoms with Crippen molar-refractivity contribution in [2.45, 2.75) is 44.9 Å². The molecule has 23 heavy (non-hydrogen) atoms. The number of ether oxygens (including phenoxy) is 1. The second kappa shape index (κ2) is 8.01. The van der Waals surface area contributed by atoms with Crippen molar-refractivity contribution in [2.75, 3.05) is 11.1 Å². The summed E-state index contributed by atoms with van der Waals surface area (Å²) in [6.07, 6.45) is -0.632. The van der Waals surface area contributed by atoms with Gasteiger partial charge in [-0.2, -0.15) is 4.98 Å². The summed E-state index contributed by atoms with van der Waals surface area (Å²) in [5, 5.41) is 9.97. The highest BCUT2D eigenvalue weighted by molar-refractivity contribution is 7.99. The number of carbonyl (C=O) groups excluding carboxylic acids is 1. The van der Waals surface area contributed by atoms with E-state index < -0.39 is 6.10 Å². The van der Waals surface area contributed by atoms with Crippen LogP contribution in [0.4, 0.5) is 5.95 Å². The highest BCUT2D eigenvalue weighted by atomic mass is 32.2. The Labute approximate surface area is 140 Å². The number of hydrogen-bond acceptors (Lipinski definition) is 5. The Morgan fingerprint density at radius 3 is 2.61 bits per heavy atom. The number of hydrogen-bond donors (Lipinski definition) is 2. The number of carbonyl (C=O) groups is 1. The monoisotopic (exact) mass is 334 g/mol. The first-order valence-corrected chi connectivity index (χ1v) is 8.60. The maximum atomic E-state index is 12.1. The minimum Gasteiger partial charge on any atom is -0.481 e. The fraction of sp³-hybridized carbons (Fsp3) is 0.438. The van der Waals surface area contributed by atoms with Gasteiger partial charge in [-0.1, -0.05) is 44.7 Å². The van der Waals surface area contributed by atoms with Crippen molar-refractivity contribution in [1.29, 1.82) is 0 Å². The lowest BCUT2D eigenvalue weighted by atomic mass is 10.0. The van der Waals surface area contributed by atoms with Crippen LogP contribution in [0, 0.1) is 0 Å². The topological polar surface area (TPSA) is 79.9 Å². The molecule has 6 nitrogen and oxygen atoms in total. The van der Waals surface area contributed by atoms with Crippen LogP contribution in [0.15, 0.2) is 29.4 Å². The number of anilines is 1. The van der Waals surface area contributed by atoms with Crippen molar-refractivity contribution in [3.63, 3.8) is 0 Å². The normalized spacial score (nSPS) is 12.2. The molecular formula is C16H22N4O2S. The summed E-state index contributed by atoms with van der Waals surface area (Å²) in [7, 11) is 0. The van der Waals surface area contributed by atoms with Gasteiger partial charge in [-0.05, 0) is 36.3 Å². The van der Waals surface area contributed by atoms with Gasteiger partial charge >= 0.3 is 0 Å². The Balaban J connectivity index is 1.91. The summed E-state index contributed by atoms with van der Waals surface area (Å²) in [5.74, 6) is 2.05. The second-order valence-corrected chi connectivity index (χ2v) is 6.60. The molecule has 1 amide bonds. The molecule has 0 spiro atoms. The maximum absolute atomic E-state index is 12.1. The lowest BCUT2D eigenvalue weighted by Gasteiger charge is -2.14. The van der Waals surface area contributed by atoms with Crippen LogP contribution in [0.3, 0.4) is 0 Å². The zero-order chi connectivity index (χ0) is 16.8. The largest absolute Gasteiger partial charge is 0.481 e. The molecule has 0 aliphatic heterocycles. The highest BCUT2D eigenvalue weighted by Crippen LogP contribution is 2.19. The number of aromatic nitrogens is 3. The SMILES string of the molecule is CCSc1n[nH]c(NC(=O)C(C)Oc2ccc(C(C)C)cc2)n1. The molecule has 7 heteroatoms. The fourth-order valence-electron chi connectivity index (χ4n) is 1.90. The van der Waals surface area contributed by atoms with E-state index in [-0.39, 0.29) is 5.91 Å². The standard InChI is InChI=1S/C16H22N4O2S/c1-5-23-16-18-15(19-20-16)17-14(21)11(4)22-13-8-6-12(7-9-13)10(2)3/h6-11H,5H2,1-4H3,(H2,17,18,19,20,21). The summed E-state index contributed by atoms with van der Waals surface area (Å²) in [5.41, 5.74) is 1.23. The minimum atomic E-state index is -0.632. The Morgan fingerprint density at radius 1 is 1.30 bits per heavy atom.